The minimum Gasteiger partial charge on any atom is -0.265 e. The Balaban J connectivity index is 1.94. The maximum atomic E-state index is 13.0. The van der Waals surface area contributed by atoms with Gasteiger partial charge in [0.05, 0.1) is 11.3 Å². The van der Waals surface area contributed by atoms with Crippen molar-refractivity contribution in [2.75, 3.05) is 0 Å². The van der Waals surface area contributed by atoms with Gasteiger partial charge in [0.1, 0.15) is 12.2 Å². The minimum absolute atomic E-state index is 0.329. The molecule has 0 saturated heterocycles. The summed E-state index contributed by atoms with van der Waals surface area (Å²) in [5, 5.41) is 7.83. The number of fused-ring (bicyclic) bond motifs is 1. The summed E-state index contributed by atoms with van der Waals surface area (Å²) in [4.78, 5) is 8.48. The molecule has 4 rings (SSSR count). The summed E-state index contributed by atoms with van der Waals surface area (Å²) in [5.41, 5.74) is 1.45. The van der Waals surface area contributed by atoms with Gasteiger partial charge in [0, 0.05) is 29.6 Å². The van der Waals surface area contributed by atoms with Gasteiger partial charge in [-0.1, -0.05) is 12.1 Å². The standard InChI is InChI=1S/C17H10F3N5/c18-17(19,20)13-3-1-2-12(8-13)16-23-14(11-4-6-21-7-5-11)9-15-24-22-10-25(15)16/h1-10H. The molecule has 0 aliphatic heterocycles. The molecule has 3 aromatic heterocycles. The number of hydrogen-bond donors (Lipinski definition) is 0. The molecule has 25 heavy (non-hydrogen) atoms. The van der Waals surface area contributed by atoms with Gasteiger partial charge in [-0.05, 0) is 24.3 Å². The van der Waals surface area contributed by atoms with Crippen LogP contribution in [-0.2, 0) is 6.18 Å². The third kappa shape index (κ3) is 2.82. The maximum absolute atomic E-state index is 13.0. The van der Waals surface area contributed by atoms with Crippen molar-refractivity contribution < 1.29 is 13.2 Å². The number of aromatic nitrogens is 5. The monoisotopic (exact) mass is 341 g/mol. The topological polar surface area (TPSA) is 56.0 Å². The first-order valence-corrected chi connectivity index (χ1v) is 7.31. The number of rotatable bonds is 2. The smallest absolute Gasteiger partial charge is 0.265 e. The Kier molecular flexibility index (Phi) is 3.45. The van der Waals surface area contributed by atoms with Crippen molar-refractivity contribution in [1.29, 1.82) is 0 Å². The minimum atomic E-state index is -4.43. The molecule has 0 amide bonds. The van der Waals surface area contributed by atoms with E-state index >= 15 is 0 Å². The van der Waals surface area contributed by atoms with E-state index in [0.29, 0.717) is 22.7 Å². The summed E-state index contributed by atoms with van der Waals surface area (Å²) in [6, 6.07) is 10.3. The van der Waals surface area contributed by atoms with Crippen LogP contribution in [0.2, 0.25) is 0 Å². The number of benzene rings is 1. The van der Waals surface area contributed by atoms with Crippen LogP contribution in [0.15, 0.2) is 61.2 Å². The van der Waals surface area contributed by atoms with Crippen LogP contribution >= 0.6 is 0 Å². The highest BCUT2D eigenvalue weighted by molar-refractivity contribution is 5.69. The molecule has 0 unspecified atom stereocenters. The third-order valence-electron chi connectivity index (χ3n) is 3.72. The second-order valence-electron chi connectivity index (χ2n) is 5.34. The Morgan fingerprint density at radius 2 is 1.72 bits per heavy atom. The molecule has 0 fully saturated rings. The first-order chi connectivity index (χ1) is 12.0. The van der Waals surface area contributed by atoms with E-state index in [0.717, 1.165) is 17.7 Å². The van der Waals surface area contributed by atoms with Crippen LogP contribution in [0, 0.1) is 0 Å². The largest absolute Gasteiger partial charge is 0.416 e. The van der Waals surface area contributed by atoms with Crippen LogP contribution in [0.5, 0.6) is 0 Å². The Morgan fingerprint density at radius 3 is 2.48 bits per heavy atom. The molecule has 1 aromatic carbocycles. The Labute approximate surface area is 139 Å². The highest BCUT2D eigenvalue weighted by Gasteiger charge is 2.30. The average molecular weight is 341 g/mol. The van der Waals surface area contributed by atoms with E-state index in [1.807, 2.05) is 0 Å². The molecule has 0 atom stereocenters. The van der Waals surface area contributed by atoms with E-state index in [9.17, 15) is 13.2 Å². The van der Waals surface area contributed by atoms with Crippen molar-refractivity contribution in [1.82, 2.24) is 24.6 Å². The van der Waals surface area contributed by atoms with Crippen molar-refractivity contribution in [3.63, 3.8) is 0 Å². The summed E-state index contributed by atoms with van der Waals surface area (Å²) in [6.07, 6.45) is 0.239. The Morgan fingerprint density at radius 1 is 0.920 bits per heavy atom. The van der Waals surface area contributed by atoms with Crippen LogP contribution in [0.4, 0.5) is 13.2 Å². The number of halogens is 3. The number of alkyl halides is 3. The van der Waals surface area contributed by atoms with Crippen LogP contribution in [0.1, 0.15) is 5.56 Å². The molecule has 0 N–H and O–H groups in total. The number of hydrogen-bond acceptors (Lipinski definition) is 4. The quantitative estimate of drug-likeness (QED) is 0.555. The molecule has 5 nitrogen and oxygen atoms in total. The zero-order valence-corrected chi connectivity index (χ0v) is 12.6. The van der Waals surface area contributed by atoms with Gasteiger partial charge in [-0.25, -0.2) is 4.98 Å². The summed E-state index contributed by atoms with van der Waals surface area (Å²) in [7, 11) is 0. The Bertz CT molecular complexity index is 1040. The molecule has 3 heterocycles. The van der Waals surface area contributed by atoms with Gasteiger partial charge >= 0.3 is 6.18 Å². The molecular formula is C17H10F3N5. The zero-order valence-electron chi connectivity index (χ0n) is 12.6. The van der Waals surface area contributed by atoms with Crippen LogP contribution in [0.3, 0.4) is 0 Å². The molecular weight excluding hydrogens is 331 g/mol. The second kappa shape index (κ2) is 5.66. The molecule has 0 bridgehead atoms. The molecule has 0 aliphatic rings. The molecule has 8 heteroatoms. The maximum Gasteiger partial charge on any atom is 0.416 e. The predicted octanol–water partition coefficient (Wildman–Crippen LogP) is 3.87. The van der Waals surface area contributed by atoms with Gasteiger partial charge in [-0.15, -0.1) is 10.2 Å². The van der Waals surface area contributed by atoms with E-state index in [1.165, 1.54) is 12.4 Å². The lowest BCUT2D eigenvalue weighted by Gasteiger charge is -2.11. The highest BCUT2D eigenvalue weighted by atomic mass is 19.4. The fourth-order valence-corrected chi connectivity index (χ4v) is 2.54. The van der Waals surface area contributed by atoms with Gasteiger partial charge in [0.25, 0.3) is 0 Å². The summed E-state index contributed by atoms with van der Waals surface area (Å²) < 4.78 is 40.6. The lowest BCUT2D eigenvalue weighted by atomic mass is 10.1. The zero-order chi connectivity index (χ0) is 17.4. The van der Waals surface area contributed by atoms with E-state index < -0.39 is 11.7 Å². The fraction of sp³-hybridized carbons (Fsp3) is 0.0588. The molecule has 0 saturated carbocycles. The summed E-state index contributed by atoms with van der Waals surface area (Å²) in [5.74, 6) is 0.334. The van der Waals surface area contributed by atoms with Crippen molar-refractivity contribution >= 4 is 5.65 Å². The van der Waals surface area contributed by atoms with Crippen LogP contribution in [0.25, 0.3) is 28.3 Å². The van der Waals surface area contributed by atoms with Crippen molar-refractivity contribution in [3.8, 4) is 22.6 Å². The Hall–Kier alpha value is -3.29. The molecule has 0 aliphatic carbocycles. The van der Waals surface area contributed by atoms with Gasteiger partial charge in [-0.3, -0.25) is 9.38 Å². The van der Waals surface area contributed by atoms with Crippen molar-refractivity contribution in [2.24, 2.45) is 0 Å². The summed E-state index contributed by atoms with van der Waals surface area (Å²) in [6.45, 7) is 0. The SMILES string of the molecule is FC(F)(F)c1cccc(-c2nc(-c3ccncc3)cc3nncn23)c1. The lowest BCUT2D eigenvalue weighted by Crippen LogP contribution is -2.05. The highest BCUT2D eigenvalue weighted by Crippen LogP contribution is 2.32. The first-order valence-electron chi connectivity index (χ1n) is 7.31. The van der Waals surface area contributed by atoms with Crippen molar-refractivity contribution in [3.05, 3.63) is 66.7 Å². The van der Waals surface area contributed by atoms with Gasteiger partial charge in [-0.2, -0.15) is 13.2 Å². The van der Waals surface area contributed by atoms with Crippen LogP contribution in [-0.4, -0.2) is 24.6 Å². The fourth-order valence-electron chi connectivity index (χ4n) is 2.54. The predicted molar refractivity (Wildman–Crippen MR) is 84.5 cm³/mol. The van der Waals surface area contributed by atoms with Gasteiger partial charge in [0.2, 0.25) is 0 Å². The lowest BCUT2D eigenvalue weighted by molar-refractivity contribution is -0.137. The normalized spacial score (nSPS) is 11.8. The number of nitrogens with zero attached hydrogens (tertiary/aromatic N) is 5. The van der Waals surface area contributed by atoms with Gasteiger partial charge < -0.3 is 0 Å². The molecule has 0 spiro atoms. The van der Waals surface area contributed by atoms with E-state index in [2.05, 4.69) is 20.2 Å². The first kappa shape index (κ1) is 15.3. The van der Waals surface area contributed by atoms with E-state index in [4.69, 9.17) is 0 Å². The second-order valence-corrected chi connectivity index (χ2v) is 5.34. The van der Waals surface area contributed by atoms with E-state index in [-0.39, 0.29) is 0 Å². The summed E-state index contributed by atoms with van der Waals surface area (Å²) >= 11 is 0. The molecule has 124 valence electrons. The van der Waals surface area contributed by atoms with Crippen molar-refractivity contribution in [2.45, 2.75) is 6.18 Å². The van der Waals surface area contributed by atoms with E-state index in [1.54, 1.807) is 41.1 Å². The van der Waals surface area contributed by atoms with Crippen LogP contribution < -0.4 is 0 Å². The average Bonchev–Trinajstić information content (AvgIpc) is 3.09. The number of pyridine rings is 1. The third-order valence-corrected chi connectivity index (χ3v) is 3.72. The molecule has 4 aromatic rings. The van der Waals surface area contributed by atoms with Gasteiger partial charge in [0.15, 0.2) is 5.65 Å². The molecule has 0 radical (unpaired) electrons.